The molecule has 0 atom stereocenters. The summed E-state index contributed by atoms with van der Waals surface area (Å²) in [6.07, 6.45) is -3.83. The van der Waals surface area contributed by atoms with Crippen LogP contribution in [0.1, 0.15) is 32.0 Å². The van der Waals surface area contributed by atoms with E-state index in [-0.39, 0.29) is 28.2 Å². The van der Waals surface area contributed by atoms with Crippen molar-refractivity contribution in [1.82, 2.24) is 10.3 Å². The van der Waals surface area contributed by atoms with Gasteiger partial charge < -0.3 is 10.1 Å². The van der Waals surface area contributed by atoms with E-state index in [4.69, 9.17) is 11.6 Å². The van der Waals surface area contributed by atoms with E-state index in [1.807, 2.05) is 0 Å². The van der Waals surface area contributed by atoms with Crippen LogP contribution in [0.2, 0.25) is 5.02 Å². The van der Waals surface area contributed by atoms with Gasteiger partial charge in [0.2, 0.25) is 11.6 Å². The summed E-state index contributed by atoms with van der Waals surface area (Å²) in [6.45, 7) is -2.48. The minimum atomic E-state index is -4.66. The lowest BCUT2D eigenvalue weighted by Gasteiger charge is -2.15. The van der Waals surface area contributed by atoms with Crippen molar-refractivity contribution < 1.29 is 40.5 Å². The number of anilines is 1. The van der Waals surface area contributed by atoms with E-state index < -0.39 is 50.8 Å². The van der Waals surface area contributed by atoms with E-state index in [9.17, 15) is 31.2 Å². The smallest absolute Gasteiger partial charge is 0.367 e. The summed E-state index contributed by atoms with van der Waals surface area (Å²) in [5.41, 5.74) is -0.703. The molecule has 14 heteroatoms. The Kier molecular flexibility index (Phi) is 7.38. The molecule has 0 aliphatic heterocycles. The molecule has 1 aromatic heterocycles. The highest BCUT2D eigenvalue weighted by Gasteiger charge is 2.29. The summed E-state index contributed by atoms with van der Waals surface area (Å²) < 4.78 is 70.6. The molecule has 0 saturated heterocycles. The monoisotopic (exact) mass is 517 g/mol. The van der Waals surface area contributed by atoms with Crippen LogP contribution in [0.5, 0.6) is 0 Å². The molecule has 3 aromatic rings. The van der Waals surface area contributed by atoms with Gasteiger partial charge in [0.05, 0.1) is 22.1 Å². The lowest BCUT2D eigenvalue weighted by atomic mass is 10.1. The van der Waals surface area contributed by atoms with E-state index in [1.54, 1.807) is 18.2 Å². The average Bonchev–Trinajstić information content (AvgIpc) is 3.21. The number of carbonyl (C=O) groups excluding carboxylic acids is 2. The summed E-state index contributed by atoms with van der Waals surface area (Å²) >= 11 is 6.19. The van der Waals surface area contributed by atoms with E-state index in [2.05, 4.69) is 25.0 Å². The van der Waals surface area contributed by atoms with Crippen LogP contribution >= 0.6 is 11.6 Å². The fourth-order valence-corrected chi connectivity index (χ4v) is 4.14. The minimum absolute atomic E-state index is 0.244. The molecule has 0 fully saturated rings. The van der Waals surface area contributed by atoms with E-state index in [1.165, 1.54) is 12.1 Å². The van der Waals surface area contributed by atoms with Crippen molar-refractivity contribution in [1.29, 1.82) is 0 Å². The minimum Gasteiger partial charge on any atom is -0.367 e. The van der Waals surface area contributed by atoms with Crippen LogP contribution < -0.4 is 5.32 Å². The summed E-state index contributed by atoms with van der Waals surface area (Å²) in [5, 5.41) is 8.82. The van der Waals surface area contributed by atoms with Gasteiger partial charge in [-0.15, -0.1) is 0 Å². The number of ketones is 1. The number of nitrogens with one attached hydrogen (secondary N) is 1. The van der Waals surface area contributed by atoms with Crippen LogP contribution in [0.4, 0.5) is 19.0 Å². The predicted octanol–water partition coefficient (Wildman–Crippen LogP) is 3.69. The third-order valence-corrected chi connectivity index (χ3v) is 5.94. The maximum absolute atomic E-state index is 12.8. The van der Waals surface area contributed by atoms with Crippen molar-refractivity contribution in [2.45, 2.75) is 17.7 Å². The summed E-state index contributed by atoms with van der Waals surface area (Å²) in [7, 11) is -3.92. The van der Waals surface area contributed by atoms with Gasteiger partial charge in [-0.25, -0.2) is 13.0 Å². The molecule has 3 rings (SSSR count). The molecule has 34 heavy (non-hydrogen) atoms. The summed E-state index contributed by atoms with van der Waals surface area (Å²) in [6, 6.07) is 10.0. The van der Waals surface area contributed by atoms with Crippen molar-refractivity contribution >= 4 is 38.9 Å². The number of aromatic nitrogens is 2. The largest absolute Gasteiger partial charge is 0.411 e. The predicted molar refractivity (Wildman–Crippen MR) is 112 cm³/mol. The highest BCUT2D eigenvalue weighted by molar-refractivity contribution is 7.90. The maximum atomic E-state index is 12.8. The molecule has 0 saturated carbocycles. The van der Waals surface area contributed by atoms with Gasteiger partial charge >= 0.3 is 6.18 Å². The molecular formula is C20H15ClF3N3O6S. The quantitative estimate of drug-likeness (QED) is 0.448. The molecule has 0 radical (unpaired) electrons. The van der Waals surface area contributed by atoms with Gasteiger partial charge in [-0.1, -0.05) is 41.9 Å². The first-order valence-electron chi connectivity index (χ1n) is 9.28. The van der Waals surface area contributed by atoms with Gasteiger partial charge in [0.1, 0.15) is 6.61 Å². The third-order valence-electron chi connectivity index (χ3n) is 4.33. The number of carbonyl (C=O) groups is 2. The van der Waals surface area contributed by atoms with Crippen molar-refractivity contribution in [3.63, 3.8) is 0 Å². The highest BCUT2D eigenvalue weighted by Crippen LogP contribution is 2.30. The molecule has 0 unspecified atom stereocenters. The first-order chi connectivity index (χ1) is 15.9. The number of hydrogen-bond donors (Lipinski definition) is 1. The molecule has 2 aromatic carbocycles. The molecule has 180 valence electrons. The molecule has 0 aliphatic rings. The molecule has 1 amide bonds. The second-order valence-corrected chi connectivity index (χ2v) is 9.26. The Morgan fingerprint density at radius 3 is 2.41 bits per heavy atom. The van der Waals surface area contributed by atoms with Crippen LogP contribution in [-0.4, -0.2) is 49.5 Å². The zero-order valence-corrected chi connectivity index (χ0v) is 18.8. The molecule has 0 bridgehead atoms. The first kappa shape index (κ1) is 25.3. The van der Waals surface area contributed by atoms with Gasteiger partial charge in [-0.2, -0.15) is 13.2 Å². The number of benzene rings is 2. The van der Waals surface area contributed by atoms with Crippen LogP contribution in [0, 0.1) is 0 Å². The number of ether oxygens (including phenoxy) is 1. The Bertz CT molecular complexity index is 1330. The zero-order chi connectivity index (χ0) is 25.1. The number of amides is 1. The van der Waals surface area contributed by atoms with Gasteiger partial charge in [-0.3, -0.25) is 9.59 Å². The van der Waals surface area contributed by atoms with Crippen molar-refractivity contribution in [3.05, 3.63) is 69.9 Å². The number of halogens is 4. The molecule has 1 heterocycles. The van der Waals surface area contributed by atoms with Crippen LogP contribution in [-0.2, 0) is 21.2 Å². The normalized spacial score (nSPS) is 11.9. The maximum Gasteiger partial charge on any atom is 0.411 e. The molecule has 0 aliphatic carbocycles. The fraction of sp³-hybridized carbons (Fsp3) is 0.200. The van der Waals surface area contributed by atoms with E-state index in [0.29, 0.717) is 0 Å². The summed E-state index contributed by atoms with van der Waals surface area (Å²) in [5.74, 6) is -1.88. The van der Waals surface area contributed by atoms with Gasteiger partial charge in [-0.05, 0) is 22.4 Å². The molecule has 9 nitrogen and oxygen atoms in total. The van der Waals surface area contributed by atoms with Crippen molar-refractivity contribution in [2.75, 3.05) is 18.2 Å². The fourth-order valence-electron chi connectivity index (χ4n) is 2.85. The Labute approximate surface area is 195 Å². The second kappa shape index (κ2) is 9.91. The SMILES string of the molecule is CS(=O)(=O)c1ccc(C(=O)Nc2nonc2C(=O)c2ccccc2)c(Cl)c1COCC(F)(F)F. The standard InChI is InChI=1S/C20H15ClF3N3O6S/c1-34(30,31)14-8-7-12(15(21)13(14)9-32-10-20(22,23)24)19(29)25-18-16(26-33-27-18)17(28)11-5-3-2-4-6-11/h2-8H,9-10H2,1H3,(H,25,27,29). The highest BCUT2D eigenvalue weighted by atomic mass is 35.5. The Hall–Kier alpha value is -3.29. The summed E-state index contributed by atoms with van der Waals surface area (Å²) in [4.78, 5) is 25.0. The third kappa shape index (κ3) is 5.98. The number of alkyl halides is 3. The van der Waals surface area contributed by atoms with Gasteiger partial charge in [0, 0.05) is 17.4 Å². The Balaban J connectivity index is 1.91. The zero-order valence-electron chi connectivity index (χ0n) is 17.2. The number of rotatable bonds is 8. The van der Waals surface area contributed by atoms with Crippen LogP contribution in [0.25, 0.3) is 0 Å². The van der Waals surface area contributed by atoms with Crippen LogP contribution in [0.3, 0.4) is 0 Å². The van der Waals surface area contributed by atoms with Gasteiger partial charge in [0.25, 0.3) is 5.91 Å². The van der Waals surface area contributed by atoms with Crippen molar-refractivity contribution in [3.8, 4) is 0 Å². The molecule has 1 N–H and O–H groups in total. The Morgan fingerprint density at radius 1 is 1.12 bits per heavy atom. The first-order valence-corrected chi connectivity index (χ1v) is 11.5. The van der Waals surface area contributed by atoms with Crippen LogP contribution in [0.15, 0.2) is 52.0 Å². The number of hydrogen-bond acceptors (Lipinski definition) is 8. The van der Waals surface area contributed by atoms with E-state index >= 15 is 0 Å². The van der Waals surface area contributed by atoms with Gasteiger partial charge in [0.15, 0.2) is 15.5 Å². The lowest BCUT2D eigenvalue weighted by molar-refractivity contribution is -0.176. The lowest BCUT2D eigenvalue weighted by Crippen LogP contribution is -2.19. The number of sulfone groups is 1. The Morgan fingerprint density at radius 2 is 1.79 bits per heavy atom. The molecule has 0 spiro atoms. The topological polar surface area (TPSA) is 128 Å². The average molecular weight is 518 g/mol. The number of nitrogens with zero attached hydrogens (tertiary/aromatic N) is 2. The second-order valence-electron chi connectivity index (χ2n) is 6.89. The molecular weight excluding hydrogens is 503 g/mol. The van der Waals surface area contributed by atoms with Crippen molar-refractivity contribution in [2.24, 2.45) is 0 Å². The van der Waals surface area contributed by atoms with E-state index in [0.717, 1.165) is 18.4 Å².